The molecule has 1 amide bonds. The molecule has 4 nitrogen and oxygen atoms in total. The predicted molar refractivity (Wildman–Crippen MR) is 71.3 cm³/mol. The van der Waals surface area contributed by atoms with E-state index >= 15 is 0 Å². The minimum atomic E-state index is -4.41. The van der Waals surface area contributed by atoms with E-state index < -0.39 is 17.6 Å². The molecule has 0 aliphatic carbocycles. The van der Waals surface area contributed by atoms with Crippen LogP contribution in [0.4, 0.5) is 18.9 Å². The summed E-state index contributed by atoms with van der Waals surface area (Å²) in [5.41, 5.74) is 5.44. The van der Waals surface area contributed by atoms with Crippen LogP contribution in [-0.4, -0.2) is 10.9 Å². The lowest BCUT2D eigenvalue weighted by molar-refractivity contribution is -0.137. The first-order valence-electron chi connectivity index (χ1n) is 6.03. The van der Waals surface area contributed by atoms with Gasteiger partial charge in [-0.1, -0.05) is 12.1 Å². The van der Waals surface area contributed by atoms with E-state index in [4.69, 9.17) is 5.73 Å². The maximum atomic E-state index is 12.6. The summed E-state index contributed by atoms with van der Waals surface area (Å²) < 4.78 is 37.7. The van der Waals surface area contributed by atoms with E-state index in [0.717, 1.165) is 12.1 Å². The van der Waals surface area contributed by atoms with Gasteiger partial charge in [-0.25, -0.2) is 4.98 Å². The summed E-state index contributed by atoms with van der Waals surface area (Å²) in [5.74, 6) is -0.537. The summed E-state index contributed by atoms with van der Waals surface area (Å²) in [7, 11) is 0. The number of hydrogen-bond acceptors (Lipinski definition) is 3. The number of pyridine rings is 1. The fraction of sp³-hybridized carbons (Fsp3) is 0.143. The van der Waals surface area contributed by atoms with E-state index in [2.05, 4.69) is 10.3 Å². The van der Waals surface area contributed by atoms with Gasteiger partial charge in [-0.2, -0.15) is 13.2 Å². The summed E-state index contributed by atoms with van der Waals surface area (Å²) in [6.07, 6.45) is -3.00. The molecule has 3 N–H and O–H groups in total. The monoisotopic (exact) mass is 295 g/mol. The van der Waals surface area contributed by atoms with Gasteiger partial charge in [-0.05, 0) is 29.8 Å². The molecule has 0 atom stereocenters. The van der Waals surface area contributed by atoms with Crippen molar-refractivity contribution in [1.82, 2.24) is 10.3 Å². The number of amides is 1. The van der Waals surface area contributed by atoms with E-state index in [1.165, 1.54) is 24.4 Å². The van der Waals surface area contributed by atoms with Gasteiger partial charge < -0.3 is 11.1 Å². The van der Waals surface area contributed by atoms with Crippen LogP contribution in [-0.2, 0) is 12.7 Å². The molecule has 2 rings (SSSR count). The van der Waals surface area contributed by atoms with Crippen LogP contribution in [0.5, 0.6) is 0 Å². The molecule has 0 unspecified atom stereocenters. The molecule has 1 aromatic heterocycles. The van der Waals surface area contributed by atoms with Gasteiger partial charge in [0.1, 0.15) is 0 Å². The molecule has 0 bridgehead atoms. The molecule has 7 heteroatoms. The van der Waals surface area contributed by atoms with Crippen molar-refractivity contribution in [2.75, 3.05) is 5.73 Å². The number of benzene rings is 1. The summed E-state index contributed by atoms with van der Waals surface area (Å²) in [6, 6.07) is 7.85. The molecule has 0 saturated heterocycles. The van der Waals surface area contributed by atoms with Crippen molar-refractivity contribution in [3.63, 3.8) is 0 Å². The van der Waals surface area contributed by atoms with Crippen LogP contribution in [0, 0.1) is 0 Å². The van der Waals surface area contributed by atoms with Crippen molar-refractivity contribution in [1.29, 1.82) is 0 Å². The molecular weight excluding hydrogens is 283 g/mol. The zero-order valence-electron chi connectivity index (χ0n) is 10.8. The van der Waals surface area contributed by atoms with Crippen molar-refractivity contribution in [2.45, 2.75) is 12.7 Å². The average Bonchev–Trinajstić information content (AvgIpc) is 2.45. The van der Waals surface area contributed by atoms with Crippen LogP contribution in [0.1, 0.15) is 21.6 Å². The van der Waals surface area contributed by atoms with Crippen molar-refractivity contribution >= 4 is 11.6 Å². The van der Waals surface area contributed by atoms with Gasteiger partial charge in [0.15, 0.2) is 5.69 Å². The molecule has 1 heterocycles. The Morgan fingerprint density at radius 1 is 1.24 bits per heavy atom. The highest BCUT2D eigenvalue weighted by atomic mass is 19.4. The standard InChI is InChI=1S/C14H12F3N3O/c15-14(16,17)10-4-1-3-9(7-10)8-20-13(21)12-11(18)5-2-6-19-12/h1-7H,8,18H2,(H,20,21). The quantitative estimate of drug-likeness (QED) is 0.914. The number of nitrogens with one attached hydrogen (secondary N) is 1. The first-order valence-corrected chi connectivity index (χ1v) is 6.03. The second kappa shape index (κ2) is 5.82. The molecule has 0 fully saturated rings. The smallest absolute Gasteiger partial charge is 0.397 e. The fourth-order valence-electron chi connectivity index (χ4n) is 1.73. The number of nitrogens with zero attached hydrogens (tertiary/aromatic N) is 1. The number of anilines is 1. The van der Waals surface area contributed by atoms with Gasteiger partial charge in [-0.3, -0.25) is 4.79 Å². The van der Waals surface area contributed by atoms with Crippen LogP contribution in [0.3, 0.4) is 0 Å². The maximum absolute atomic E-state index is 12.6. The molecule has 0 saturated carbocycles. The summed E-state index contributed by atoms with van der Waals surface area (Å²) >= 11 is 0. The Morgan fingerprint density at radius 3 is 2.67 bits per heavy atom. The Kier molecular flexibility index (Phi) is 4.11. The summed E-state index contributed by atoms with van der Waals surface area (Å²) in [6.45, 7) is -0.0429. The average molecular weight is 295 g/mol. The number of alkyl halides is 3. The molecule has 110 valence electrons. The highest BCUT2D eigenvalue weighted by Gasteiger charge is 2.30. The first-order chi connectivity index (χ1) is 9.88. The number of aromatic nitrogens is 1. The molecule has 0 radical (unpaired) electrons. The highest BCUT2D eigenvalue weighted by Crippen LogP contribution is 2.29. The fourth-order valence-corrected chi connectivity index (χ4v) is 1.73. The molecule has 21 heavy (non-hydrogen) atoms. The van der Waals surface area contributed by atoms with Gasteiger partial charge in [-0.15, -0.1) is 0 Å². The van der Waals surface area contributed by atoms with Gasteiger partial charge in [0.25, 0.3) is 5.91 Å². The largest absolute Gasteiger partial charge is 0.416 e. The van der Waals surface area contributed by atoms with Gasteiger partial charge >= 0.3 is 6.18 Å². The Bertz CT molecular complexity index is 656. The summed E-state index contributed by atoms with van der Waals surface area (Å²) in [4.78, 5) is 15.7. The second-order valence-corrected chi connectivity index (χ2v) is 4.32. The van der Waals surface area contributed by atoms with E-state index in [-0.39, 0.29) is 17.9 Å². The number of nitrogens with two attached hydrogens (primary N) is 1. The lowest BCUT2D eigenvalue weighted by Crippen LogP contribution is -2.25. The normalized spacial score (nSPS) is 11.2. The minimum Gasteiger partial charge on any atom is -0.397 e. The van der Waals surface area contributed by atoms with Crippen LogP contribution in [0.15, 0.2) is 42.6 Å². The Morgan fingerprint density at radius 2 is 2.00 bits per heavy atom. The molecular formula is C14H12F3N3O. The van der Waals surface area contributed by atoms with Crippen molar-refractivity contribution in [3.05, 3.63) is 59.4 Å². The first kappa shape index (κ1) is 14.8. The van der Waals surface area contributed by atoms with Crippen LogP contribution >= 0.6 is 0 Å². The third-order valence-electron chi connectivity index (χ3n) is 2.76. The van der Waals surface area contributed by atoms with Crippen molar-refractivity contribution in [2.24, 2.45) is 0 Å². The van der Waals surface area contributed by atoms with E-state index in [9.17, 15) is 18.0 Å². The number of carbonyl (C=O) groups excluding carboxylic acids is 1. The van der Waals surface area contributed by atoms with Crippen molar-refractivity contribution < 1.29 is 18.0 Å². The van der Waals surface area contributed by atoms with Gasteiger partial charge in [0.2, 0.25) is 0 Å². The van der Waals surface area contributed by atoms with Crippen LogP contribution in [0.2, 0.25) is 0 Å². The number of rotatable bonds is 3. The van der Waals surface area contributed by atoms with Gasteiger partial charge in [0, 0.05) is 12.7 Å². The highest BCUT2D eigenvalue weighted by molar-refractivity contribution is 5.96. The Hall–Kier alpha value is -2.57. The third-order valence-corrected chi connectivity index (χ3v) is 2.76. The zero-order valence-corrected chi connectivity index (χ0v) is 10.8. The van der Waals surface area contributed by atoms with Gasteiger partial charge in [0.05, 0.1) is 11.3 Å². The van der Waals surface area contributed by atoms with E-state index in [0.29, 0.717) is 5.56 Å². The Balaban J connectivity index is 2.07. The molecule has 1 aromatic carbocycles. The second-order valence-electron chi connectivity index (χ2n) is 4.32. The lowest BCUT2D eigenvalue weighted by atomic mass is 10.1. The minimum absolute atomic E-state index is 0.0429. The van der Waals surface area contributed by atoms with E-state index in [1.54, 1.807) is 6.07 Å². The third kappa shape index (κ3) is 3.71. The molecule has 0 aliphatic heterocycles. The van der Waals surface area contributed by atoms with Crippen LogP contribution in [0.25, 0.3) is 0 Å². The predicted octanol–water partition coefficient (Wildman–Crippen LogP) is 2.61. The number of nitrogen functional groups attached to an aromatic ring is 1. The van der Waals surface area contributed by atoms with Crippen LogP contribution < -0.4 is 11.1 Å². The molecule has 0 spiro atoms. The zero-order chi connectivity index (χ0) is 15.5. The molecule has 2 aromatic rings. The Labute approximate surface area is 118 Å². The summed E-state index contributed by atoms with van der Waals surface area (Å²) in [5, 5.41) is 2.49. The van der Waals surface area contributed by atoms with Crippen molar-refractivity contribution in [3.8, 4) is 0 Å². The van der Waals surface area contributed by atoms with E-state index in [1.807, 2.05) is 0 Å². The topological polar surface area (TPSA) is 68.0 Å². The maximum Gasteiger partial charge on any atom is 0.416 e. The number of carbonyl (C=O) groups is 1. The molecule has 0 aliphatic rings. The number of hydrogen-bond donors (Lipinski definition) is 2. The number of halogens is 3. The lowest BCUT2D eigenvalue weighted by Gasteiger charge is -2.10. The SMILES string of the molecule is Nc1cccnc1C(=O)NCc1cccc(C(F)(F)F)c1.